The van der Waals surface area contributed by atoms with Crippen LogP contribution in [0.25, 0.3) is 0 Å². The lowest BCUT2D eigenvalue weighted by Crippen LogP contribution is -2.40. The average molecular weight is 344 g/mol. The molecule has 2 amide bonds. The van der Waals surface area contributed by atoms with E-state index in [0.717, 1.165) is 12.8 Å². The number of carbonyl (C=O) groups excluding carboxylic acids is 2. The Hall–Kier alpha value is -2.30. The predicted octanol–water partition coefficient (Wildman–Crippen LogP) is 3.53. The van der Waals surface area contributed by atoms with Crippen LogP contribution < -0.4 is 10.6 Å². The highest BCUT2D eigenvalue weighted by molar-refractivity contribution is 5.94. The molecule has 1 atom stereocenters. The summed E-state index contributed by atoms with van der Waals surface area (Å²) in [4.78, 5) is 24.0. The van der Waals surface area contributed by atoms with Crippen molar-refractivity contribution < 1.29 is 14.3 Å². The lowest BCUT2D eigenvalue weighted by Gasteiger charge is -2.30. The molecule has 5 heteroatoms. The van der Waals surface area contributed by atoms with Gasteiger partial charge in [-0.25, -0.2) is 4.79 Å². The van der Waals surface area contributed by atoms with Gasteiger partial charge in [0, 0.05) is 18.7 Å². The van der Waals surface area contributed by atoms with Crippen LogP contribution in [0.3, 0.4) is 0 Å². The minimum Gasteiger partial charge on any atom is -0.445 e. The van der Waals surface area contributed by atoms with Crippen molar-refractivity contribution in [2.45, 2.75) is 32.1 Å². The molecular weight excluding hydrogens is 316 g/mol. The summed E-state index contributed by atoms with van der Waals surface area (Å²) in [5.74, 6) is 0.657. The minimum absolute atomic E-state index is 0.0735. The van der Waals surface area contributed by atoms with Gasteiger partial charge < -0.3 is 15.4 Å². The highest BCUT2D eigenvalue weighted by Crippen LogP contribution is 2.29. The summed E-state index contributed by atoms with van der Waals surface area (Å²) in [5, 5.41) is 5.83. The Labute approximate surface area is 149 Å². The maximum Gasteiger partial charge on any atom is 0.407 e. The van der Waals surface area contributed by atoms with Crippen LogP contribution in [0, 0.1) is 11.8 Å². The summed E-state index contributed by atoms with van der Waals surface area (Å²) >= 11 is 0. The lowest BCUT2D eigenvalue weighted by atomic mass is 9.80. The maximum absolute atomic E-state index is 12.3. The molecule has 2 N–H and O–H groups in total. The van der Waals surface area contributed by atoms with Crippen LogP contribution in [-0.4, -0.2) is 31.7 Å². The third kappa shape index (κ3) is 6.61. The van der Waals surface area contributed by atoms with Crippen molar-refractivity contribution in [3.8, 4) is 0 Å². The molecule has 1 aromatic carbocycles. The van der Waals surface area contributed by atoms with Gasteiger partial charge in [0.1, 0.15) is 6.61 Å². The molecule has 0 aliphatic heterocycles. The number of nitrogens with one attached hydrogen (secondary N) is 2. The van der Waals surface area contributed by atoms with Crippen LogP contribution in [0.15, 0.2) is 43.0 Å². The van der Waals surface area contributed by atoms with Gasteiger partial charge in [0.05, 0.1) is 0 Å². The molecule has 1 unspecified atom stereocenters. The molecule has 0 bridgehead atoms. The second-order valence-corrected chi connectivity index (χ2v) is 6.50. The zero-order chi connectivity index (χ0) is 17.9. The van der Waals surface area contributed by atoms with E-state index in [4.69, 9.17) is 4.74 Å². The molecule has 1 saturated carbocycles. The number of ether oxygens (including phenoxy) is 1. The molecule has 0 heterocycles. The molecule has 25 heavy (non-hydrogen) atoms. The molecular formula is C20H28N2O3. The van der Waals surface area contributed by atoms with Crippen molar-refractivity contribution in [1.82, 2.24) is 10.6 Å². The molecule has 2 rings (SSSR count). The number of rotatable bonds is 8. The van der Waals surface area contributed by atoms with Crippen molar-refractivity contribution in [2.75, 3.05) is 19.7 Å². The Bertz CT molecular complexity index is 553. The molecule has 0 spiro atoms. The normalized spacial score (nSPS) is 15.8. The third-order valence-electron chi connectivity index (χ3n) is 4.72. The van der Waals surface area contributed by atoms with Crippen LogP contribution in [0.4, 0.5) is 4.79 Å². The zero-order valence-electron chi connectivity index (χ0n) is 14.7. The Morgan fingerprint density at radius 2 is 1.80 bits per heavy atom. The summed E-state index contributed by atoms with van der Waals surface area (Å²) < 4.78 is 4.97. The van der Waals surface area contributed by atoms with Gasteiger partial charge in [-0.3, -0.25) is 4.79 Å². The standard InChI is InChI=1S/C20H28N2O3/c1-2-13-25-20(24)22-15-18(16-9-5-3-6-10-16)14-21-19(23)17-11-7-4-8-12-17/h2,4,7-8,11-12,16,18H,1,3,5-6,9-10,13-15H2,(H,21,23)(H,22,24). The van der Waals surface area contributed by atoms with Crippen molar-refractivity contribution >= 4 is 12.0 Å². The van der Waals surface area contributed by atoms with Crippen LogP contribution in [0.5, 0.6) is 0 Å². The van der Waals surface area contributed by atoms with E-state index in [2.05, 4.69) is 17.2 Å². The highest BCUT2D eigenvalue weighted by atomic mass is 16.5. The number of amides is 2. The SMILES string of the molecule is C=CCOC(=O)NCC(CNC(=O)c1ccccc1)C1CCCCC1. The fraction of sp³-hybridized carbons (Fsp3) is 0.500. The number of benzene rings is 1. The first-order chi connectivity index (χ1) is 12.2. The maximum atomic E-state index is 12.3. The summed E-state index contributed by atoms with van der Waals surface area (Å²) in [6, 6.07) is 9.20. The monoisotopic (exact) mass is 344 g/mol. The highest BCUT2D eigenvalue weighted by Gasteiger charge is 2.25. The first-order valence-electron chi connectivity index (χ1n) is 9.05. The summed E-state index contributed by atoms with van der Waals surface area (Å²) in [7, 11) is 0. The number of hydrogen-bond acceptors (Lipinski definition) is 3. The quantitative estimate of drug-likeness (QED) is 0.709. The van der Waals surface area contributed by atoms with Crippen molar-refractivity contribution in [1.29, 1.82) is 0 Å². The van der Waals surface area contributed by atoms with Crippen molar-refractivity contribution in [3.05, 3.63) is 48.6 Å². The number of carbonyl (C=O) groups is 2. The minimum atomic E-state index is -0.435. The van der Waals surface area contributed by atoms with Crippen LogP contribution in [0.2, 0.25) is 0 Å². The molecule has 1 aliphatic carbocycles. The molecule has 1 aromatic rings. The first kappa shape index (κ1) is 19.0. The van der Waals surface area contributed by atoms with Gasteiger partial charge in [-0.1, -0.05) is 63.0 Å². The van der Waals surface area contributed by atoms with Gasteiger partial charge >= 0.3 is 6.09 Å². The van der Waals surface area contributed by atoms with Gasteiger partial charge in [0.2, 0.25) is 0 Å². The van der Waals surface area contributed by atoms with Gasteiger partial charge in [0.25, 0.3) is 5.91 Å². The average Bonchev–Trinajstić information content (AvgIpc) is 2.67. The van der Waals surface area contributed by atoms with Gasteiger partial charge in [-0.05, 0) is 24.0 Å². The Balaban J connectivity index is 1.88. The summed E-state index contributed by atoms with van der Waals surface area (Å²) in [5.41, 5.74) is 0.656. The van der Waals surface area contributed by atoms with E-state index in [0.29, 0.717) is 24.6 Å². The van der Waals surface area contributed by atoms with Crippen molar-refractivity contribution in [3.63, 3.8) is 0 Å². The van der Waals surface area contributed by atoms with E-state index in [9.17, 15) is 9.59 Å². The Kier molecular flexibility index (Phi) is 8.02. The fourth-order valence-electron chi connectivity index (χ4n) is 3.33. The number of alkyl carbamates (subject to hydrolysis) is 1. The van der Waals surface area contributed by atoms with E-state index in [-0.39, 0.29) is 18.4 Å². The van der Waals surface area contributed by atoms with E-state index in [1.165, 1.54) is 25.3 Å². The van der Waals surface area contributed by atoms with Crippen LogP contribution in [-0.2, 0) is 4.74 Å². The van der Waals surface area contributed by atoms with Crippen molar-refractivity contribution in [2.24, 2.45) is 11.8 Å². The molecule has 0 saturated heterocycles. The molecule has 5 nitrogen and oxygen atoms in total. The second-order valence-electron chi connectivity index (χ2n) is 6.50. The molecule has 1 aliphatic rings. The third-order valence-corrected chi connectivity index (χ3v) is 4.72. The zero-order valence-corrected chi connectivity index (χ0v) is 14.7. The Morgan fingerprint density at radius 1 is 1.12 bits per heavy atom. The van der Waals surface area contributed by atoms with Gasteiger partial charge in [-0.2, -0.15) is 0 Å². The second kappa shape index (κ2) is 10.5. The summed E-state index contributed by atoms with van der Waals surface area (Å²) in [6.07, 6.45) is 7.11. The summed E-state index contributed by atoms with van der Waals surface area (Å²) in [6.45, 7) is 4.79. The van der Waals surface area contributed by atoms with Gasteiger partial charge in [-0.15, -0.1) is 0 Å². The smallest absolute Gasteiger partial charge is 0.407 e. The molecule has 136 valence electrons. The molecule has 1 fully saturated rings. The first-order valence-corrected chi connectivity index (χ1v) is 9.05. The van der Waals surface area contributed by atoms with E-state index in [1.807, 2.05) is 18.2 Å². The Morgan fingerprint density at radius 3 is 2.48 bits per heavy atom. The van der Waals surface area contributed by atoms with Gasteiger partial charge in [0.15, 0.2) is 0 Å². The van der Waals surface area contributed by atoms with Crippen LogP contribution >= 0.6 is 0 Å². The lowest BCUT2D eigenvalue weighted by molar-refractivity contribution is 0.0937. The largest absolute Gasteiger partial charge is 0.445 e. The predicted molar refractivity (Wildman–Crippen MR) is 98.4 cm³/mol. The van der Waals surface area contributed by atoms with E-state index in [1.54, 1.807) is 12.1 Å². The topological polar surface area (TPSA) is 67.4 Å². The molecule has 0 radical (unpaired) electrons. The van der Waals surface area contributed by atoms with E-state index < -0.39 is 6.09 Å². The van der Waals surface area contributed by atoms with Crippen LogP contribution in [0.1, 0.15) is 42.5 Å². The number of hydrogen-bond donors (Lipinski definition) is 2. The fourth-order valence-corrected chi connectivity index (χ4v) is 3.33. The molecule has 0 aromatic heterocycles. The van der Waals surface area contributed by atoms with E-state index >= 15 is 0 Å².